The van der Waals surface area contributed by atoms with Crippen molar-refractivity contribution in [1.82, 2.24) is 0 Å². The van der Waals surface area contributed by atoms with Crippen molar-refractivity contribution in [2.24, 2.45) is 17.6 Å². The second kappa shape index (κ2) is 9.50. The fourth-order valence-electron chi connectivity index (χ4n) is 4.33. The zero-order valence-corrected chi connectivity index (χ0v) is 16.4. The van der Waals surface area contributed by atoms with Gasteiger partial charge in [-0.2, -0.15) is 0 Å². The van der Waals surface area contributed by atoms with E-state index in [1.165, 1.54) is 12.1 Å². The molecule has 1 aromatic rings. The van der Waals surface area contributed by atoms with Gasteiger partial charge in [-0.15, -0.1) is 0 Å². The van der Waals surface area contributed by atoms with E-state index in [0.717, 1.165) is 44.1 Å². The molecule has 6 heteroatoms. The van der Waals surface area contributed by atoms with Gasteiger partial charge in [0.1, 0.15) is 24.1 Å². The number of carbonyl (C=O) groups is 2. The molecule has 0 bridgehead atoms. The van der Waals surface area contributed by atoms with Gasteiger partial charge in [0.15, 0.2) is 0 Å². The first kappa shape index (κ1) is 20.8. The minimum Gasteiger partial charge on any atom is -0.458 e. The molecular weight excluding hydrogens is 361 g/mol. The van der Waals surface area contributed by atoms with Gasteiger partial charge in [-0.1, -0.05) is 31.4 Å². The maximum Gasteiger partial charge on any atom is 0.323 e. The molecule has 0 amide bonds. The van der Waals surface area contributed by atoms with Gasteiger partial charge < -0.3 is 15.2 Å². The molecule has 1 saturated carbocycles. The molecule has 2 fully saturated rings. The second-order valence-corrected chi connectivity index (χ2v) is 8.15. The van der Waals surface area contributed by atoms with Crippen LogP contribution in [0.1, 0.15) is 57.4 Å². The normalized spacial score (nSPS) is 29.5. The van der Waals surface area contributed by atoms with Crippen LogP contribution >= 0.6 is 0 Å². The minimum atomic E-state index is -0.654. The standard InChI is InChI=1S/C22H30FNO4/c1-14-20(28-21(25)16-5-2-3-6-16)17(7-4-8-19(24)22(26)27-14)13-15-9-11-18(23)12-10-15/h9-12,14,16-17,19-20H,2-8,13,24H2,1H3. The average Bonchev–Trinajstić information content (AvgIpc) is 3.21. The summed E-state index contributed by atoms with van der Waals surface area (Å²) in [5.41, 5.74) is 6.88. The quantitative estimate of drug-likeness (QED) is 0.795. The zero-order valence-electron chi connectivity index (χ0n) is 16.4. The molecule has 1 aliphatic carbocycles. The van der Waals surface area contributed by atoms with Gasteiger partial charge in [-0.05, 0) is 56.7 Å². The van der Waals surface area contributed by atoms with E-state index in [1.54, 1.807) is 19.1 Å². The van der Waals surface area contributed by atoms with Gasteiger partial charge in [0.05, 0.1) is 5.92 Å². The van der Waals surface area contributed by atoms with Crippen LogP contribution in [0.15, 0.2) is 24.3 Å². The van der Waals surface area contributed by atoms with Crippen LogP contribution in [-0.2, 0) is 25.5 Å². The topological polar surface area (TPSA) is 78.6 Å². The van der Waals surface area contributed by atoms with E-state index in [0.29, 0.717) is 12.8 Å². The third-order valence-electron chi connectivity index (χ3n) is 5.97. The zero-order chi connectivity index (χ0) is 20.1. The molecule has 154 valence electrons. The fourth-order valence-corrected chi connectivity index (χ4v) is 4.33. The highest BCUT2D eigenvalue weighted by Gasteiger charge is 2.37. The molecule has 0 radical (unpaired) electrons. The first-order valence-corrected chi connectivity index (χ1v) is 10.3. The number of hydrogen-bond acceptors (Lipinski definition) is 5. The first-order chi connectivity index (χ1) is 13.4. The van der Waals surface area contributed by atoms with Crippen LogP contribution in [0, 0.1) is 17.7 Å². The molecule has 3 rings (SSSR count). The van der Waals surface area contributed by atoms with Gasteiger partial charge in [0.2, 0.25) is 0 Å². The summed E-state index contributed by atoms with van der Waals surface area (Å²) >= 11 is 0. The van der Waals surface area contributed by atoms with Crippen molar-refractivity contribution in [2.75, 3.05) is 0 Å². The van der Waals surface area contributed by atoms with Gasteiger partial charge in [-0.3, -0.25) is 9.59 Å². The second-order valence-electron chi connectivity index (χ2n) is 8.15. The average molecular weight is 391 g/mol. The van der Waals surface area contributed by atoms with E-state index in [4.69, 9.17) is 15.2 Å². The van der Waals surface area contributed by atoms with E-state index in [9.17, 15) is 14.0 Å². The van der Waals surface area contributed by atoms with Crippen LogP contribution in [0.3, 0.4) is 0 Å². The van der Waals surface area contributed by atoms with Crippen molar-refractivity contribution in [1.29, 1.82) is 0 Å². The number of halogens is 1. The number of rotatable bonds is 4. The van der Waals surface area contributed by atoms with Gasteiger partial charge in [-0.25, -0.2) is 4.39 Å². The molecule has 2 N–H and O–H groups in total. The van der Waals surface area contributed by atoms with Crippen LogP contribution in [0.2, 0.25) is 0 Å². The Bertz CT molecular complexity index is 672. The number of cyclic esters (lactones) is 1. The highest BCUT2D eigenvalue weighted by molar-refractivity contribution is 5.76. The van der Waals surface area contributed by atoms with E-state index in [1.807, 2.05) is 0 Å². The molecule has 1 heterocycles. The van der Waals surface area contributed by atoms with Crippen molar-refractivity contribution in [2.45, 2.75) is 76.5 Å². The minimum absolute atomic E-state index is 0.0242. The van der Waals surface area contributed by atoms with E-state index >= 15 is 0 Å². The van der Waals surface area contributed by atoms with Crippen molar-refractivity contribution < 1.29 is 23.5 Å². The lowest BCUT2D eigenvalue weighted by molar-refractivity contribution is -0.174. The summed E-state index contributed by atoms with van der Waals surface area (Å²) in [7, 11) is 0. The third kappa shape index (κ3) is 5.31. The molecule has 1 saturated heterocycles. The lowest BCUT2D eigenvalue weighted by Gasteiger charge is -2.31. The highest BCUT2D eigenvalue weighted by atomic mass is 19.1. The molecule has 4 atom stereocenters. The number of ether oxygens (including phenoxy) is 2. The summed E-state index contributed by atoms with van der Waals surface area (Å²) < 4.78 is 24.8. The van der Waals surface area contributed by atoms with Crippen molar-refractivity contribution >= 4 is 11.9 Å². The summed E-state index contributed by atoms with van der Waals surface area (Å²) in [5.74, 6) is -1.02. The highest BCUT2D eigenvalue weighted by Crippen LogP contribution is 2.31. The van der Waals surface area contributed by atoms with Gasteiger partial charge >= 0.3 is 11.9 Å². The lowest BCUT2D eigenvalue weighted by Crippen LogP contribution is -2.42. The Hall–Kier alpha value is -1.95. The number of benzene rings is 1. The van der Waals surface area contributed by atoms with Crippen LogP contribution in [-0.4, -0.2) is 30.2 Å². The Kier molecular flexibility index (Phi) is 7.05. The Morgan fingerprint density at radius 3 is 2.50 bits per heavy atom. The van der Waals surface area contributed by atoms with E-state index in [2.05, 4.69) is 0 Å². The molecule has 4 unspecified atom stereocenters. The summed E-state index contributed by atoms with van der Waals surface area (Å²) in [4.78, 5) is 24.9. The predicted octanol–water partition coefficient (Wildman–Crippen LogP) is 3.53. The van der Waals surface area contributed by atoms with Gasteiger partial charge in [0, 0.05) is 5.92 Å². The Labute approximate surface area is 165 Å². The van der Waals surface area contributed by atoms with E-state index < -0.39 is 24.2 Å². The summed E-state index contributed by atoms with van der Waals surface area (Å²) in [6, 6.07) is 5.71. The Morgan fingerprint density at radius 2 is 1.82 bits per heavy atom. The summed E-state index contributed by atoms with van der Waals surface area (Å²) in [6.07, 6.45) is 5.35. The predicted molar refractivity (Wildman–Crippen MR) is 103 cm³/mol. The summed E-state index contributed by atoms with van der Waals surface area (Å²) in [6.45, 7) is 1.76. The molecule has 2 aliphatic rings. The molecule has 5 nitrogen and oxygen atoms in total. The third-order valence-corrected chi connectivity index (χ3v) is 5.97. The number of carbonyl (C=O) groups excluding carboxylic acids is 2. The molecule has 1 aliphatic heterocycles. The molecule has 0 spiro atoms. The van der Waals surface area contributed by atoms with Crippen molar-refractivity contribution in [3.05, 3.63) is 35.6 Å². The number of hydrogen-bond donors (Lipinski definition) is 1. The summed E-state index contributed by atoms with van der Waals surface area (Å²) in [5, 5.41) is 0. The van der Waals surface area contributed by atoms with Crippen LogP contribution in [0.5, 0.6) is 0 Å². The van der Waals surface area contributed by atoms with Crippen molar-refractivity contribution in [3.63, 3.8) is 0 Å². The monoisotopic (exact) mass is 391 g/mol. The number of nitrogens with two attached hydrogens (primary N) is 1. The number of esters is 2. The molecule has 1 aromatic carbocycles. The smallest absolute Gasteiger partial charge is 0.323 e. The fraction of sp³-hybridized carbons (Fsp3) is 0.636. The maximum atomic E-state index is 13.3. The Morgan fingerprint density at radius 1 is 1.14 bits per heavy atom. The van der Waals surface area contributed by atoms with Crippen LogP contribution in [0.4, 0.5) is 4.39 Å². The lowest BCUT2D eigenvalue weighted by atomic mass is 9.86. The first-order valence-electron chi connectivity index (χ1n) is 10.3. The molecule has 0 aromatic heterocycles. The molecule has 28 heavy (non-hydrogen) atoms. The Balaban J connectivity index is 1.80. The SMILES string of the molecule is CC1OC(=O)C(N)CCCC(Cc2ccc(F)cc2)C1OC(=O)C1CCCC1. The van der Waals surface area contributed by atoms with Crippen molar-refractivity contribution in [3.8, 4) is 0 Å². The van der Waals surface area contributed by atoms with Crippen LogP contribution in [0.25, 0.3) is 0 Å². The maximum absolute atomic E-state index is 13.3. The largest absolute Gasteiger partial charge is 0.458 e. The van der Waals surface area contributed by atoms with E-state index in [-0.39, 0.29) is 23.6 Å². The van der Waals surface area contributed by atoms with Gasteiger partial charge in [0.25, 0.3) is 0 Å². The van der Waals surface area contributed by atoms with Crippen LogP contribution < -0.4 is 5.73 Å². The molecular formula is C22H30FNO4.